The average molecular weight is 324 g/mol. The summed E-state index contributed by atoms with van der Waals surface area (Å²) in [6.45, 7) is 0.0304. The van der Waals surface area contributed by atoms with Gasteiger partial charge in [0, 0.05) is 0 Å². The third kappa shape index (κ3) is 4.33. The Hall–Kier alpha value is -2.34. The van der Waals surface area contributed by atoms with E-state index in [4.69, 9.17) is 19.6 Å². The second-order valence-corrected chi connectivity index (χ2v) is 5.46. The first-order chi connectivity index (χ1) is 10.4. The Labute approximate surface area is 126 Å². The number of carbonyl (C=O) groups is 1. The Morgan fingerprint density at radius 3 is 2.32 bits per heavy atom. The maximum Gasteiger partial charge on any atom is 0.524 e. The highest BCUT2D eigenvalue weighted by Crippen LogP contribution is 2.43. The van der Waals surface area contributed by atoms with Gasteiger partial charge in [0.2, 0.25) is 0 Å². The van der Waals surface area contributed by atoms with Gasteiger partial charge < -0.3 is 14.4 Å². The molecule has 0 fully saturated rings. The van der Waals surface area contributed by atoms with Gasteiger partial charge in [0.1, 0.15) is 12.2 Å². The summed E-state index contributed by atoms with van der Waals surface area (Å²) < 4.78 is 20.9. The molecule has 0 saturated heterocycles. The topological polar surface area (TPSA) is 113 Å². The molecule has 2 aromatic carbocycles. The molecule has 22 heavy (non-hydrogen) atoms. The molecule has 0 spiro atoms. The van der Waals surface area contributed by atoms with Crippen molar-refractivity contribution in [1.82, 2.24) is 0 Å². The maximum atomic E-state index is 11.2. The van der Waals surface area contributed by atoms with Crippen LogP contribution in [-0.2, 0) is 11.2 Å². The van der Waals surface area contributed by atoms with Crippen LogP contribution in [-0.4, -0.2) is 20.9 Å². The smallest absolute Gasteiger partial charge is 0.484 e. The molecule has 0 aliphatic carbocycles. The second-order valence-electron chi connectivity index (χ2n) is 4.29. The number of phosphoric acid groups is 1. The van der Waals surface area contributed by atoms with Crippen molar-refractivity contribution in [2.24, 2.45) is 0 Å². The third-order valence-electron chi connectivity index (χ3n) is 2.65. The van der Waals surface area contributed by atoms with Gasteiger partial charge in [-0.2, -0.15) is 0 Å². The van der Waals surface area contributed by atoms with Gasteiger partial charge in [0.25, 0.3) is 0 Å². The summed E-state index contributed by atoms with van der Waals surface area (Å²) in [5, 5.41) is 9.16. The summed E-state index contributed by atoms with van der Waals surface area (Å²) in [5.74, 6) is -1.86. The van der Waals surface area contributed by atoms with Crippen molar-refractivity contribution in [3.05, 3.63) is 59.7 Å². The normalized spacial score (nSPS) is 11.0. The lowest BCUT2D eigenvalue weighted by Gasteiger charge is -2.15. The monoisotopic (exact) mass is 324 g/mol. The molecular formula is C14H13O7P. The van der Waals surface area contributed by atoms with Gasteiger partial charge >= 0.3 is 13.8 Å². The maximum absolute atomic E-state index is 11.2. The number of rotatable bonds is 6. The molecule has 8 heteroatoms. The number of ether oxygens (including phenoxy) is 1. The molecule has 7 nitrogen and oxygen atoms in total. The van der Waals surface area contributed by atoms with Gasteiger partial charge in [-0.25, -0.2) is 9.36 Å². The van der Waals surface area contributed by atoms with E-state index in [0.29, 0.717) is 0 Å². The molecule has 0 saturated carbocycles. The molecule has 116 valence electrons. The Morgan fingerprint density at radius 2 is 1.73 bits per heavy atom. The standard InChI is InChI=1S/C14H13O7P/c15-14(16)11-7-4-8-12(21-22(17,18)19)13(11)20-9-10-5-2-1-3-6-10/h1-8H,9H2,(H,15,16)(H2,17,18,19). The zero-order chi connectivity index (χ0) is 16.2. The van der Waals surface area contributed by atoms with Crippen molar-refractivity contribution in [2.45, 2.75) is 6.61 Å². The number of hydrogen-bond acceptors (Lipinski definition) is 4. The zero-order valence-corrected chi connectivity index (χ0v) is 12.1. The molecule has 0 aromatic heterocycles. The summed E-state index contributed by atoms with van der Waals surface area (Å²) in [5.41, 5.74) is 0.520. The van der Waals surface area contributed by atoms with Crippen molar-refractivity contribution in [3.8, 4) is 11.5 Å². The molecule has 2 aromatic rings. The van der Waals surface area contributed by atoms with Crippen LogP contribution in [0.25, 0.3) is 0 Å². The molecule has 0 radical (unpaired) electrons. The number of carboxylic acid groups (broad SMARTS) is 1. The number of hydrogen-bond donors (Lipinski definition) is 3. The molecule has 0 bridgehead atoms. The van der Waals surface area contributed by atoms with Crippen LogP contribution in [0.2, 0.25) is 0 Å². The largest absolute Gasteiger partial charge is 0.524 e. The first-order valence-corrected chi connectivity index (χ1v) is 7.68. The van der Waals surface area contributed by atoms with E-state index in [0.717, 1.165) is 5.56 Å². The van der Waals surface area contributed by atoms with Crippen LogP contribution in [0.15, 0.2) is 48.5 Å². The van der Waals surface area contributed by atoms with Crippen molar-refractivity contribution >= 4 is 13.8 Å². The number of carboxylic acids is 1. The lowest BCUT2D eigenvalue weighted by molar-refractivity contribution is 0.0690. The van der Waals surface area contributed by atoms with Crippen molar-refractivity contribution in [3.63, 3.8) is 0 Å². The summed E-state index contributed by atoms with van der Waals surface area (Å²) in [6, 6.07) is 12.7. The van der Waals surface area contributed by atoms with Crippen molar-refractivity contribution in [1.29, 1.82) is 0 Å². The van der Waals surface area contributed by atoms with E-state index in [-0.39, 0.29) is 23.7 Å². The van der Waals surface area contributed by atoms with Crippen LogP contribution >= 0.6 is 7.82 Å². The fourth-order valence-electron chi connectivity index (χ4n) is 1.76. The first kappa shape index (κ1) is 16.0. The number of para-hydroxylation sites is 1. The summed E-state index contributed by atoms with van der Waals surface area (Å²) >= 11 is 0. The van der Waals surface area contributed by atoms with Gasteiger partial charge in [0.15, 0.2) is 11.5 Å². The lowest BCUT2D eigenvalue weighted by atomic mass is 10.2. The highest BCUT2D eigenvalue weighted by molar-refractivity contribution is 7.46. The SMILES string of the molecule is O=C(O)c1cccc(OP(=O)(O)O)c1OCc1ccccc1. The minimum absolute atomic E-state index is 0.0304. The summed E-state index contributed by atoms with van der Waals surface area (Å²) in [6.07, 6.45) is 0. The summed E-state index contributed by atoms with van der Waals surface area (Å²) in [4.78, 5) is 29.0. The van der Waals surface area contributed by atoms with Gasteiger partial charge in [-0.1, -0.05) is 36.4 Å². The Kier molecular flexibility index (Phi) is 4.82. The molecule has 0 aliphatic heterocycles. The van der Waals surface area contributed by atoms with Gasteiger partial charge in [-0.15, -0.1) is 0 Å². The Morgan fingerprint density at radius 1 is 1.05 bits per heavy atom. The molecule has 3 N–H and O–H groups in total. The Bertz CT molecular complexity index is 708. The molecule has 0 atom stereocenters. The highest BCUT2D eigenvalue weighted by Gasteiger charge is 2.23. The van der Waals surface area contributed by atoms with E-state index < -0.39 is 13.8 Å². The Balaban J connectivity index is 2.33. The van der Waals surface area contributed by atoms with Crippen molar-refractivity contribution < 1.29 is 33.5 Å². The van der Waals surface area contributed by atoms with Gasteiger partial charge in [-0.3, -0.25) is 9.79 Å². The van der Waals surface area contributed by atoms with Crippen LogP contribution in [0.3, 0.4) is 0 Å². The fourth-order valence-corrected chi connectivity index (χ4v) is 2.16. The predicted octanol–water partition coefficient (Wildman–Crippen LogP) is 2.44. The van der Waals surface area contributed by atoms with E-state index in [1.165, 1.54) is 18.2 Å². The number of phosphoric ester groups is 1. The van der Waals surface area contributed by atoms with Crippen LogP contribution in [0.5, 0.6) is 11.5 Å². The number of benzene rings is 2. The van der Waals surface area contributed by atoms with E-state index in [9.17, 15) is 9.36 Å². The minimum Gasteiger partial charge on any atom is -0.484 e. The molecular weight excluding hydrogens is 311 g/mol. The molecule has 0 heterocycles. The van der Waals surface area contributed by atoms with E-state index >= 15 is 0 Å². The molecule has 0 unspecified atom stereocenters. The zero-order valence-electron chi connectivity index (χ0n) is 11.2. The van der Waals surface area contributed by atoms with E-state index in [2.05, 4.69) is 4.52 Å². The average Bonchev–Trinajstić information content (AvgIpc) is 2.45. The van der Waals surface area contributed by atoms with Crippen LogP contribution in [0.1, 0.15) is 15.9 Å². The second kappa shape index (κ2) is 6.62. The van der Waals surface area contributed by atoms with Crippen LogP contribution < -0.4 is 9.26 Å². The number of aromatic carboxylic acids is 1. The van der Waals surface area contributed by atoms with Crippen LogP contribution in [0.4, 0.5) is 0 Å². The van der Waals surface area contributed by atoms with E-state index in [1.54, 1.807) is 24.3 Å². The third-order valence-corrected chi connectivity index (χ3v) is 3.09. The molecule has 2 rings (SSSR count). The molecule has 0 aliphatic rings. The van der Waals surface area contributed by atoms with E-state index in [1.807, 2.05) is 6.07 Å². The highest BCUT2D eigenvalue weighted by atomic mass is 31.2. The molecule has 0 amide bonds. The predicted molar refractivity (Wildman–Crippen MR) is 76.8 cm³/mol. The van der Waals surface area contributed by atoms with Gasteiger partial charge in [0.05, 0.1) is 0 Å². The summed E-state index contributed by atoms with van der Waals surface area (Å²) in [7, 11) is -4.83. The van der Waals surface area contributed by atoms with Gasteiger partial charge in [-0.05, 0) is 17.7 Å². The van der Waals surface area contributed by atoms with Crippen LogP contribution in [0, 0.1) is 0 Å². The fraction of sp³-hybridized carbons (Fsp3) is 0.0714. The quantitative estimate of drug-likeness (QED) is 0.699. The first-order valence-electron chi connectivity index (χ1n) is 6.15. The minimum atomic E-state index is -4.83. The van der Waals surface area contributed by atoms with Crippen molar-refractivity contribution in [2.75, 3.05) is 0 Å². The lowest BCUT2D eigenvalue weighted by Crippen LogP contribution is -2.05.